The molecule has 0 bridgehead atoms. The molecule has 1 N–H and O–H groups in total. The zero-order chi connectivity index (χ0) is 10.4. The van der Waals surface area contributed by atoms with Crippen LogP contribution in [0.1, 0.15) is 13.8 Å². The van der Waals surface area contributed by atoms with Gasteiger partial charge in [0.2, 0.25) is 0 Å². The highest BCUT2D eigenvalue weighted by atomic mass is 16.7. The van der Waals surface area contributed by atoms with Crippen LogP contribution in [-0.2, 0) is 4.65 Å². The Morgan fingerprint density at radius 2 is 1.93 bits per heavy atom. The monoisotopic (exact) mass is 194 g/mol. The van der Waals surface area contributed by atoms with Gasteiger partial charge in [-0.2, -0.15) is 0 Å². The van der Waals surface area contributed by atoms with Gasteiger partial charge in [0.25, 0.3) is 0 Å². The SMILES string of the molecule is CC(C)COB(O)Oc1ccccc1. The van der Waals surface area contributed by atoms with Crippen molar-refractivity contribution >= 4 is 7.32 Å². The maximum atomic E-state index is 9.31. The largest absolute Gasteiger partial charge is 0.710 e. The Balaban J connectivity index is 2.30. The lowest BCUT2D eigenvalue weighted by Crippen LogP contribution is -2.27. The van der Waals surface area contributed by atoms with Gasteiger partial charge in [-0.1, -0.05) is 32.0 Å². The fourth-order valence-electron chi connectivity index (χ4n) is 0.924. The van der Waals surface area contributed by atoms with E-state index in [4.69, 9.17) is 9.31 Å². The van der Waals surface area contributed by atoms with Crippen LogP contribution in [0.4, 0.5) is 0 Å². The second-order valence-corrected chi connectivity index (χ2v) is 3.47. The highest BCUT2D eigenvalue weighted by molar-refractivity contribution is 6.35. The van der Waals surface area contributed by atoms with E-state index < -0.39 is 7.32 Å². The van der Waals surface area contributed by atoms with Gasteiger partial charge in [0.05, 0.1) is 0 Å². The summed E-state index contributed by atoms with van der Waals surface area (Å²) in [6.45, 7) is 4.50. The van der Waals surface area contributed by atoms with Gasteiger partial charge in [-0.3, -0.25) is 0 Å². The molecule has 0 atom stereocenters. The standard InChI is InChI=1S/C10H15BO3/c1-9(2)8-13-11(12)14-10-6-4-3-5-7-10/h3-7,9,12H,8H2,1-2H3. The van der Waals surface area contributed by atoms with Crippen LogP contribution >= 0.6 is 0 Å². The number of rotatable bonds is 5. The zero-order valence-corrected chi connectivity index (χ0v) is 8.51. The third-order valence-electron chi connectivity index (χ3n) is 1.55. The fourth-order valence-corrected chi connectivity index (χ4v) is 0.924. The third kappa shape index (κ3) is 4.30. The van der Waals surface area contributed by atoms with E-state index in [-0.39, 0.29) is 0 Å². The molecule has 1 aromatic rings. The molecule has 0 radical (unpaired) electrons. The van der Waals surface area contributed by atoms with Crippen molar-refractivity contribution in [3.63, 3.8) is 0 Å². The van der Waals surface area contributed by atoms with Crippen molar-refractivity contribution < 1.29 is 14.3 Å². The summed E-state index contributed by atoms with van der Waals surface area (Å²) in [7, 11) is -1.18. The minimum Gasteiger partial charge on any atom is -0.512 e. The van der Waals surface area contributed by atoms with Crippen LogP contribution in [0.5, 0.6) is 5.75 Å². The van der Waals surface area contributed by atoms with Crippen LogP contribution in [0.3, 0.4) is 0 Å². The van der Waals surface area contributed by atoms with Gasteiger partial charge in [-0.15, -0.1) is 0 Å². The Hall–Kier alpha value is -0.995. The summed E-state index contributed by atoms with van der Waals surface area (Å²) in [5, 5.41) is 9.31. The Kier molecular flexibility index (Phi) is 4.49. The van der Waals surface area contributed by atoms with Crippen LogP contribution in [0.15, 0.2) is 30.3 Å². The maximum absolute atomic E-state index is 9.31. The molecule has 0 spiro atoms. The molecule has 1 aromatic carbocycles. The molecule has 0 fully saturated rings. The molecule has 0 aromatic heterocycles. The van der Waals surface area contributed by atoms with E-state index in [1.54, 1.807) is 12.1 Å². The molecule has 0 saturated heterocycles. The Morgan fingerprint density at radius 3 is 2.50 bits per heavy atom. The number of benzene rings is 1. The molecule has 0 heterocycles. The van der Waals surface area contributed by atoms with Gasteiger partial charge in [-0.25, -0.2) is 0 Å². The number of hydrogen-bond donors (Lipinski definition) is 1. The summed E-state index contributed by atoms with van der Waals surface area (Å²) in [5.74, 6) is 0.979. The first-order valence-electron chi connectivity index (χ1n) is 4.70. The van der Waals surface area contributed by atoms with E-state index >= 15 is 0 Å². The van der Waals surface area contributed by atoms with Gasteiger partial charge in [0.15, 0.2) is 0 Å². The van der Waals surface area contributed by atoms with Gasteiger partial charge >= 0.3 is 7.32 Å². The predicted molar refractivity (Wildman–Crippen MR) is 55.8 cm³/mol. The second-order valence-electron chi connectivity index (χ2n) is 3.47. The normalized spacial score (nSPS) is 10.3. The van der Waals surface area contributed by atoms with Gasteiger partial charge in [0.1, 0.15) is 5.75 Å². The molecule has 4 heteroatoms. The molecule has 0 aliphatic heterocycles. The molecule has 14 heavy (non-hydrogen) atoms. The summed E-state index contributed by atoms with van der Waals surface area (Å²) in [5.41, 5.74) is 0. The van der Waals surface area contributed by atoms with Crippen LogP contribution < -0.4 is 4.65 Å². The highest BCUT2D eigenvalue weighted by Crippen LogP contribution is 2.09. The van der Waals surface area contributed by atoms with Crippen LogP contribution in [0, 0.1) is 5.92 Å². The minimum atomic E-state index is -1.18. The summed E-state index contributed by atoms with van der Waals surface area (Å²) in [4.78, 5) is 0. The number of para-hydroxylation sites is 1. The van der Waals surface area contributed by atoms with Gasteiger partial charge < -0.3 is 14.3 Å². The summed E-state index contributed by atoms with van der Waals surface area (Å²) in [6.07, 6.45) is 0. The molecule has 0 aliphatic rings. The van der Waals surface area contributed by atoms with Crippen molar-refractivity contribution in [2.24, 2.45) is 5.92 Å². The zero-order valence-electron chi connectivity index (χ0n) is 8.51. The van der Waals surface area contributed by atoms with Crippen LogP contribution in [-0.4, -0.2) is 19.0 Å². The van der Waals surface area contributed by atoms with E-state index in [9.17, 15) is 5.02 Å². The summed E-state index contributed by atoms with van der Waals surface area (Å²) >= 11 is 0. The molecular formula is C10H15BO3. The third-order valence-corrected chi connectivity index (χ3v) is 1.55. The van der Waals surface area contributed by atoms with Gasteiger partial charge in [0, 0.05) is 6.61 Å². The van der Waals surface area contributed by atoms with Crippen molar-refractivity contribution in [1.82, 2.24) is 0 Å². The van der Waals surface area contributed by atoms with E-state index in [1.807, 2.05) is 32.0 Å². The predicted octanol–water partition coefficient (Wildman–Crippen LogP) is 1.72. The Morgan fingerprint density at radius 1 is 1.29 bits per heavy atom. The Bertz CT molecular complexity index is 251. The summed E-state index contributed by atoms with van der Waals surface area (Å²) in [6, 6.07) is 9.09. The quantitative estimate of drug-likeness (QED) is 0.725. The van der Waals surface area contributed by atoms with E-state index in [0.717, 1.165) is 0 Å². The van der Waals surface area contributed by atoms with E-state index in [2.05, 4.69) is 0 Å². The smallest absolute Gasteiger partial charge is 0.512 e. The lowest BCUT2D eigenvalue weighted by molar-refractivity contribution is 0.171. The Labute approximate surface area is 84.8 Å². The fraction of sp³-hybridized carbons (Fsp3) is 0.400. The van der Waals surface area contributed by atoms with Crippen molar-refractivity contribution in [3.8, 4) is 5.75 Å². The van der Waals surface area contributed by atoms with Crippen LogP contribution in [0.25, 0.3) is 0 Å². The van der Waals surface area contributed by atoms with Gasteiger partial charge in [-0.05, 0) is 18.1 Å². The van der Waals surface area contributed by atoms with Crippen molar-refractivity contribution in [1.29, 1.82) is 0 Å². The lowest BCUT2D eigenvalue weighted by Gasteiger charge is -2.11. The first kappa shape index (κ1) is 11.1. The molecule has 1 rings (SSSR count). The van der Waals surface area contributed by atoms with E-state index in [0.29, 0.717) is 18.3 Å². The molecule has 0 unspecified atom stereocenters. The van der Waals surface area contributed by atoms with E-state index in [1.165, 1.54) is 0 Å². The van der Waals surface area contributed by atoms with Crippen molar-refractivity contribution in [2.45, 2.75) is 13.8 Å². The molecule has 3 nitrogen and oxygen atoms in total. The number of hydrogen-bond acceptors (Lipinski definition) is 3. The minimum absolute atomic E-state index is 0.379. The average Bonchev–Trinajstić information content (AvgIpc) is 2.16. The highest BCUT2D eigenvalue weighted by Gasteiger charge is 2.18. The lowest BCUT2D eigenvalue weighted by atomic mass is 10.2. The molecule has 76 valence electrons. The molecule has 0 aliphatic carbocycles. The topological polar surface area (TPSA) is 38.7 Å². The molecule has 0 amide bonds. The second kappa shape index (κ2) is 5.68. The summed E-state index contributed by atoms with van der Waals surface area (Å²) < 4.78 is 10.1. The van der Waals surface area contributed by atoms with Crippen molar-refractivity contribution in [3.05, 3.63) is 30.3 Å². The molecular weight excluding hydrogens is 179 g/mol. The van der Waals surface area contributed by atoms with Crippen LogP contribution in [0.2, 0.25) is 0 Å². The maximum Gasteiger partial charge on any atom is 0.710 e. The first-order chi connectivity index (χ1) is 6.68. The average molecular weight is 194 g/mol. The molecule has 0 saturated carbocycles. The first-order valence-corrected chi connectivity index (χ1v) is 4.70. The van der Waals surface area contributed by atoms with Crippen molar-refractivity contribution in [2.75, 3.05) is 6.61 Å².